The van der Waals surface area contributed by atoms with Gasteiger partial charge in [0, 0.05) is 28.8 Å². The summed E-state index contributed by atoms with van der Waals surface area (Å²) in [5.41, 5.74) is 1.34. The first-order valence-corrected chi connectivity index (χ1v) is 9.75. The van der Waals surface area contributed by atoms with Crippen molar-refractivity contribution in [3.8, 4) is 0 Å². The molecule has 0 atom stereocenters. The summed E-state index contributed by atoms with van der Waals surface area (Å²) in [6.07, 6.45) is 0. The first-order chi connectivity index (χ1) is 15.1. The summed E-state index contributed by atoms with van der Waals surface area (Å²) >= 11 is 0. The predicted octanol–water partition coefficient (Wildman–Crippen LogP) is 5.74. The van der Waals surface area contributed by atoms with Gasteiger partial charge >= 0.3 is 5.97 Å². The highest BCUT2D eigenvalue weighted by Crippen LogP contribution is 2.41. The molecule has 152 valence electrons. The van der Waals surface area contributed by atoms with Gasteiger partial charge in [-0.2, -0.15) is 0 Å². The fourth-order valence-electron chi connectivity index (χ4n) is 3.61. The molecule has 0 saturated carbocycles. The summed E-state index contributed by atoms with van der Waals surface area (Å²) in [5.74, 6) is -0.577. The molecule has 0 saturated heterocycles. The Morgan fingerprint density at radius 3 is 1.39 bits per heavy atom. The average molecular weight is 409 g/mol. The number of nitrogens with zero attached hydrogens (tertiary/aromatic N) is 1. The van der Waals surface area contributed by atoms with Crippen LogP contribution >= 0.6 is 0 Å². The number of hydrogen-bond acceptors (Lipinski definition) is 4. The zero-order valence-electron chi connectivity index (χ0n) is 16.5. The Labute approximate surface area is 179 Å². The van der Waals surface area contributed by atoms with Crippen molar-refractivity contribution in [3.05, 3.63) is 148 Å². The highest BCUT2D eigenvalue weighted by molar-refractivity contribution is 5.90. The van der Waals surface area contributed by atoms with Gasteiger partial charge < -0.3 is 4.74 Å². The maximum Gasteiger partial charge on any atom is 0.339 e. The Kier molecular flexibility index (Phi) is 5.58. The summed E-state index contributed by atoms with van der Waals surface area (Å²) < 4.78 is 6.27. The van der Waals surface area contributed by atoms with Crippen molar-refractivity contribution < 1.29 is 14.5 Å². The molecule has 5 heteroatoms. The lowest BCUT2D eigenvalue weighted by atomic mass is 9.80. The molecule has 4 rings (SSSR count). The minimum atomic E-state index is -1.19. The van der Waals surface area contributed by atoms with Gasteiger partial charge in [0.1, 0.15) is 0 Å². The Morgan fingerprint density at radius 2 is 1.03 bits per heavy atom. The van der Waals surface area contributed by atoms with Crippen molar-refractivity contribution >= 4 is 11.7 Å². The molecule has 0 heterocycles. The zero-order chi connectivity index (χ0) is 21.7. The van der Waals surface area contributed by atoms with Crippen LogP contribution in [-0.2, 0) is 10.3 Å². The van der Waals surface area contributed by atoms with Crippen LogP contribution in [0.25, 0.3) is 0 Å². The number of esters is 1. The largest absolute Gasteiger partial charge is 0.441 e. The second kappa shape index (κ2) is 8.63. The van der Waals surface area contributed by atoms with Crippen LogP contribution in [0.2, 0.25) is 0 Å². The smallest absolute Gasteiger partial charge is 0.339 e. The molecule has 0 fully saturated rings. The number of nitro groups is 1. The highest BCUT2D eigenvalue weighted by atomic mass is 16.6. The van der Waals surface area contributed by atoms with E-state index in [0.29, 0.717) is 0 Å². The molecule has 0 aliphatic carbocycles. The molecule has 0 radical (unpaired) electrons. The fraction of sp³-hybridized carbons (Fsp3) is 0.0385. The maximum atomic E-state index is 13.3. The van der Waals surface area contributed by atoms with Gasteiger partial charge in [0.25, 0.3) is 5.69 Å². The van der Waals surface area contributed by atoms with Gasteiger partial charge in [-0.25, -0.2) is 4.79 Å². The monoisotopic (exact) mass is 409 g/mol. The van der Waals surface area contributed by atoms with Crippen molar-refractivity contribution in [2.24, 2.45) is 0 Å². The topological polar surface area (TPSA) is 69.4 Å². The van der Waals surface area contributed by atoms with Gasteiger partial charge in [0.15, 0.2) is 5.60 Å². The van der Waals surface area contributed by atoms with Gasteiger partial charge in [-0.05, 0) is 12.1 Å². The third-order valence-corrected chi connectivity index (χ3v) is 5.10. The van der Waals surface area contributed by atoms with Crippen LogP contribution in [-0.4, -0.2) is 10.9 Å². The quantitative estimate of drug-likeness (QED) is 0.176. The van der Waals surface area contributed by atoms with Crippen molar-refractivity contribution in [1.29, 1.82) is 0 Å². The van der Waals surface area contributed by atoms with E-state index in [1.807, 2.05) is 91.0 Å². The summed E-state index contributed by atoms with van der Waals surface area (Å²) in [7, 11) is 0. The predicted molar refractivity (Wildman–Crippen MR) is 118 cm³/mol. The lowest BCUT2D eigenvalue weighted by molar-refractivity contribution is -0.384. The molecule has 4 aromatic rings. The second-order valence-corrected chi connectivity index (χ2v) is 6.97. The minimum Gasteiger partial charge on any atom is -0.441 e. The molecule has 0 aromatic heterocycles. The molecule has 0 N–H and O–H groups in total. The third-order valence-electron chi connectivity index (χ3n) is 5.10. The Hall–Kier alpha value is -4.25. The third kappa shape index (κ3) is 3.94. The fourth-order valence-corrected chi connectivity index (χ4v) is 3.61. The van der Waals surface area contributed by atoms with Crippen LogP contribution in [0.15, 0.2) is 115 Å². The molecule has 0 amide bonds. The van der Waals surface area contributed by atoms with E-state index in [-0.39, 0.29) is 11.3 Å². The molecular weight excluding hydrogens is 390 g/mol. The Balaban J connectivity index is 1.88. The van der Waals surface area contributed by atoms with E-state index < -0.39 is 16.5 Å². The molecule has 0 spiro atoms. The summed E-state index contributed by atoms with van der Waals surface area (Å²) in [5, 5.41) is 11.0. The average Bonchev–Trinajstić information content (AvgIpc) is 2.84. The molecular formula is C26H19NO4. The molecule has 0 unspecified atom stereocenters. The van der Waals surface area contributed by atoms with E-state index >= 15 is 0 Å². The maximum absolute atomic E-state index is 13.3. The number of hydrogen-bond donors (Lipinski definition) is 0. The lowest BCUT2D eigenvalue weighted by Gasteiger charge is -2.35. The number of carbonyl (C=O) groups excluding carboxylic acids is 1. The standard InChI is InChI=1S/C26H19NO4/c28-25(20-16-18-24(19-17-20)27(29)30)31-26(21-10-4-1-5-11-21,22-12-6-2-7-13-22)23-14-8-3-9-15-23/h1-19H. The summed E-state index contributed by atoms with van der Waals surface area (Å²) in [6, 6.07) is 34.0. The van der Waals surface area contributed by atoms with Gasteiger partial charge in [0.2, 0.25) is 0 Å². The number of rotatable bonds is 6. The van der Waals surface area contributed by atoms with Gasteiger partial charge in [-0.3, -0.25) is 10.1 Å². The highest BCUT2D eigenvalue weighted by Gasteiger charge is 2.40. The van der Waals surface area contributed by atoms with E-state index in [1.165, 1.54) is 24.3 Å². The minimum absolute atomic E-state index is 0.0861. The number of carbonyl (C=O) groups is 1. The molecule has 5 nitrogen and oxygen atoms in total. The van der Waals surface area contributed by atoms with Crippen LogP contribution in [0, 0.1) is 10.1 Å². The molecule has 0 aliphatic heterocycles. The number of benzene rings is 4. The molecule has 0 aliphatic rings. The van der Waals surface area contributed by atoms with E-state index in [2.05, 4.69) is 0 Å². The van der Waals surface area contributed by atoms with Crippen molar-refractivity contribution in [2.75, 3.05) is 0 Å². The van der Waals surface area contributed by atoms with E-state index in [1.54, 1.807) is 0 Å². The lowest BCUT2D eigenvalue weighted by Crippen LogP contribution is -2.35. The molecule has 4 aromatic carbocycles. The first-order valence-electron chi connectivity index (χ1n) is 9.75. The Morgan fingerprint density at radius 1 is 0.645 bits per heavy atom. The number of ether oxygens (including phenoxy) is 1. The van der Waals surface area contributed by atoms with Gasteiger partial charge in [-0.1, -0.05) is 91.0 Å². The zero-order valence-corrected chi connectivity index (χ0v) is 16.5. The van der Waals surface area contributed by atoms with Gasteiger partial charge in [0.05, 0.1) is 10.5 Å². The first kappa shape index (κ1) is 20.0. The van der Waals surface area contributed by atoms with Gasteiger partial charge in [-0.15, -0.1) is 0 Å². The van der Waals surface area contributed by atoms with Crippen molar-refractivity contribution in [3.63, 3.8) is 0 Å². The van der Waals surface area contributed by atoms with E-state index in [0.717, 1.165) is 16.7 Å². The number of nitro benzene ring substituents is 1. The van der Waals surface area contributed by atoms with Crippen LogP contribution in [0.1, 0.15) is 27.0 Å². The SMILES string of the molecule is O=C(OC(c1ccccc1)(c1ccccc1)c1ccccc1)c1ccc([N+](=O)[O-])cc1. The summed E-state index contributed by atoms with van der Waals surface area (Å²) in [4.78, 5) is 23.7. The van der Waals surface area contributed by atoms with Crippen LogP contribution in [0.4, 0.5) is 5.69 Å². The van der Waals surface area contributed by atoms with Crippen molar-refractivity contribution in [2.45, 2.75) is 5.60 Å². The van der Waals surface area contributed by atoms with Crippen LogP contribution < -0.4 is 0 Å². The number of non-ortho nitro benzene ring substituents is 1. The van der Waals surface area contributed by atoms with Crippen LogP contribution in [0.5, 0.6) is 0 Å². The van der Waals surface area contributed by atoms with E-state index in [9.17, 15) is 14.9 Å². The summed E-state index contributed by atoms with van der Waals surface area (Å²) in [6.45, 7) is 0. The Bertz CT molecular complexity index is 1080. The normalized spacial score (nSPS) is 11.0. The van der Waals surface area contributed by atoms with Crippen molar-refractivity contribution in [1.82, 2.24) is 0 Å². The molecule has 0 bridgehead atoms. The second-order valence-electron chi connectivity index (χ2n) is 6.97. The van der Waals surface area contributed by atoms with E-state index in [4.69, 9.17) is 4.74 Å². The van der Waals surface area contributed by atoms with Crippen LogP contribution in [0.3, 0.4) is 0 Å². The molecule has 31 heavy (non-hydrogen) atoms.